The molecule has 2 rings (SSSR count). The maximum Gasteiger partial charge on any atom is 0.303 e. The first-order valence-corrected chi connectivity index (χ1v) is 7.23. The van der Waals surface area contributed by atoms with Crippen LogP contribution in [0.4, 0.5) is 0 Å². The molecule has 108 valence electrons. The minimum atomic E-state index is -0.727. The summed E-state index contributed by atoms with van der Waals surface area (Å²) in [6.07, 6.45) is 3.70. The lowest BCUT2D eigenvalue weighted by Gasteiger charge is -2.40. The van der Waals surface area contributed by atoms with Gasteiger partial charge in [0.25, 0.3) is 0 Å². The van der Waals surface area contributed by atoms with Gasteiger partial charge in [-0.3, -0.25) is 9.59 Å². The number of aliphatic carboxylic acids is 1. The Hall–Kier alpha value is -1.10. The van der Waals surface area contributed by atoms with Crippen molar-refractivity contribution in [2.24, 2.45) is 11.3 Å². The van der Waals surface area contributed by atoms with E-state index in [0.717, 1.165) is 51.9 Å². The molecule has 2 aliphatic rings. The monoisotopic (exact) mass is 268 g/mol. The van der Waals surface area contributed by atoms with E-state index in [4.69, 9.17) is 5.11 Å². The molecule has 2 aliphatic heterocycles. The molecule has 2 N–H and O–H groups in total. The summed E-state index contributed by atoms with van der Waals surface area (Å²) in [7, 11) is 0. The molecule has 5 nitrogen and oxygen atoms in total. The van der Waals surface area contributed by atoms with Crippen molar-refractivity contribution in [3.63, 3.8) is 0 Å². The lowest BCUT2D eigenvalue weighted by molar-refractivity contribution is -0.144. The fourth-order valence-corrected chi connectivity index (χ4v) is 3.16. The summed E-state index contributed by atoms with van der Waals surface area (Å²) in [6.45, 7) is 5.34. The Morgan fingerprint density at radius 1 is 1.26 bits per heavy atom. The van der Waals surface area contributed by atoms with E-state index in [-0.39, 0.29) is 23.7 Å². The van der Waals surface area contributed by atoms with Crippen molar-refractivity contribution >= 4 is 11.9 Å². The average Bonchev–Trinajstić information content (AvgIpc) is 2.39. The summed E-state index contributed by atoms with van der Waals surface area (Å²) in [5, 5.41) is 12.1. The molecule has 0 unspecified atom stereocenters. The molecule has 0 aromatic rings. The summed E-state index contributed by atoms with van der Waals surface area (Å²) in [4.78, 5) is 25.2. The van der Waals surface area contributed by atoms with Gasteiger partial charge in [-0.05, 0) is 44.7 Å². The largest absolute Gasteiger partial charge is 0.481 e. The van der Waals surface area contributed by atoms with E-state index < -0.39 is 5.97 Å². The molecule has 0 bridgehead atoms. The Morgan fingerprint density at radius 3 is 2.37 bits per heavy atom. The maximum atomic E-state index is 12.6. The van der Waals surface area contributed by atoms with E-state index in [1.165, 1.54) is 0 Å². The summed E-state index contributed by atoms with van der Waals surface area (Å²) in [5.74, 6) is -0.222. The van der Waals surface area contributed by atoms with Crippen molar-refractivity contribution in [2.45, 2.75) is 39.0 Å². The summed E-state index contributed by atoms with van der Waals surface area (Å²) < 4.78 is 0. The highest BCUT2D eigenvalue weighted by molar-refractivity contribution is 5.82. The molecule has 2 fully saturated rings. The van der Waals surface area contributed by atoms with Crippen molar-refractivity contribution in [1.82, 2.24) is 10.2 Å². The molecular formula is C14H24N2O3. The average molecular weight is 268 g/mol. The molecule has 0 aromatic heterocycles. The van der Waals surface area contributed by atoms with Crippen LogP contribution in [0.3, 0.4) is 0 Å². The zero-order chi connectivity index (χ0) is 13.9. The number of hydrogen-bond donors (Lipinski definition) is 2. The number of hydrogen-bond acceptors (Lipinski definition) is 3. The van der Waals surface area contributed by atoms with Gasteiger partial charge >= 0.3 is 5.97 Å². The van der Waals surface area contributed by atoms with Gasteiger partial charge in [0.2, 0.25) is 5.91 Å². The van der Waals surface area contributed by atoms with Crippen molar-refractivity contribution in [1.29, 1.82) is 0 Å². The van der Waals surface area contributed by atoms with Gasteiger partial charge in [0.1, 0.15) is 0 Å². The lowest BCUT2D eigenvalue weighted by Crippen LogP contribution is -2.50. The van der Waals surface area contributed by atoms with Gasteiger partial charge in [-0.25, -0.2) is 0 Å². The Labute approximate surface area is 114 Å². The van der Waals surface area contributed by atoms with E-state index in [1.54, 1.807) is 0 Å². The van der Waals surface area contributed by atoms with Crippen molar-refractivity contribution in [3.8, 4) is 0 Å². The van der Waals surface area contributed by atoms with E-state index >= 15 is 0 Å². The smallest absolute Gasteiger partial charge is 0.303 e. The number of nitrogens with one attached hydrogen (secondary N) is 1. The second-order valence-electron chi connectivity index (χ2n) is 6.14. The first-order chi connectivity index (χ1) is 9.01. The number of carbonyl (C=O) groups is 2. The van der Waals surface area contributed by atoms with Gasteiger partial charge in [0.15, 0.2) is 0 Å². The van der Waals surface area contributed by atoms with Gasteiger partial charge < -0.3 is 15.3 Å². The molecule has 5 heteroatoms. The van der Waals surface area contributed by atoms with Crippen LogP contribution in [-0.4, -0.2) is 48.1 Å². The predicted molar refractivity (Wildman–Crippen MR) is 71.8 cm³/mol. The Kier molecular flexibility index (Phi) is 4.45. The van der Waals surface area contributed by atoms with Gasteiger partial charge in [-0.15, -0.1) is 0 Å². The predicted octanol–water partition coefficient (Wildman–Crippen LogP) is 1.09. The van der Waals surface area contributed by atoms with Crippen molar-refractivity contribution in [3.05, 3.63) is 0 Å². The van der Waals surface area contributed by atoms with Crippen LogP contribution in [0.25, 0.3) is 0 Å². The molecular weight excluding hydrogens is 244 g/mol. The molecule has 0 radical (unpaired) electrons. The number of rotatable bonds is 3. The van der Waals surface area contributed by atoms with Crippen molar-refractivity contribution < 1.29 is 14.7 Å². The molecule has 0 aromatic carbocycles. The van der Waals surface area contributed by atoms with Crippen LogP contribution in [0.1, 0.15) is 39.0 Å². The summed E-state index contributed by atoms with van der Waals surface area (Å²) >= 11 is 0. The Balaban J connectivity index is 1.86. The molecule has 0 spiro atoms. The summed E-state index contributed by atoms with van der Waals surface area (Å²) in [5.41, 5.74) is -0.217. The van der Waals surface area contributed by atoms with Gasteiger partial charge in [-0.2, -0.15) is 0 Å². The second kappa shape index (κ2) is 5.90. The van der Waals surface area contributed by atoms with Gasteiger partial charge in [0, 0.05) is 24.9 Å². The van der Waals surface area contributed by atoms with Crippen LogP contribution in [0, 0.1) is 11.3 Å². The quantitative estimate of drug-likeness (QED) is 0.804. The zero-order valence-electron chi connectivity index (χ0n) is 11.7. The fourth-order valence-electron chi connectivity index (χ4n) is 3.16. The minimum Gasteiger partial charge on any atom is -0.481 e. The topological polar surface area (TPSA) is 69.6 Å². The fraction of sp³-hybridized carbons (Fsp3) is 0.857. The maximum absolute atomic E-state index is 12.6. The first-order valence-electron chi connectivity index (χ1n) is 7.23. The van der Waals surface area contributed by atoms with Crippen LogP contribution in [0.15, 0.2) is 0 Å². The highest BCUT2D eigenvalue weighted by Gasteiger charge is 2.38. The molecule has 1 amide bonds. The Bertz CT molecular complexity index is 343. The first kappa shape index (κ1) is 14.3. The van der Waals surface area contributed by atoms with Crippen LogP contribution >= 0.6 is 0 Å². The zero-order valence-corrected chi connectivity index (χ0v) is 11.7. The SMILES string of the molecule is CC1(C(=O)N2CCC(CC(=O)O)CC2)CCNCC1. The number of amides is 1. The molecule has 2 saturated heterocycles. The third-order valence-electron chi connectivity index (χ3n) is 4.59. The molecule has 2 heterocycles. The molecule has 0 saturated carbocycles. The highest BCUT2D eigenvalue weighted by Crippen LogP contribution is 2.32. The van der Waals surface area contributed by atoms with E-state index in [2.05, 4.69) is 12.2 Å². The Morgan fingerprint density at radius 2 is 1.84 bits per heavy atom. The van der Waals surface area contributed by atoms with Crippen LogP contribution in [0.2, 0.25) is 0 Å². The number of nitrogens with zero attached hydrogens (tertiary/aromatic N) is 1. The molecule has 19 heavy (non-hydrogen) atoms. The van der Waals surface area contributed by atoms with E-state index in [9.17, 15) is 9.59 Å². The van der Waals surface area contributed by atoms with Crippen LogP contribution in [-0.2, 0) is 9.59 Å². The van der Waals surface area contributed by atoms with Gasteiger partial charge in [0.05, 0.1) is 0 Å². The normalized spacial score (nSPS) is 24.2. The minimum absolute atomic E-state index is 0.217. The van der Waals surface area contributed by atoms with Crippen LogP contribution < -0.4 is 5.32 Å². The van der Waals surface area contributed by atoms with Crippen molar-refractivity contribution in [2.75, 3.05) is 26.2 Å². The second-order valence-corrected chi connectivity index (χ2v) is 6.14. The standard InChI is InChI=1S/C14H24N2O3/c1-14(4-6-15-7-5-14)13(19)16-8-2-11(3-9-16)10-12(17)18/h11,15H,2-10H2,1H3,(H,17,18). The van der Waals surface area contributed by atoms with E-state index in [1.807, 2.05) is 4.90 Å². The van der Waals surface area contributed by atoms with Gasteiger partial charge in [-0.1, -0.05) is 6.92 Å². The molecule has 0 aliphatic carbocycles. The third-order valence-corrected chi connectivity index (χ3v) is 4.59. The third kappa shape index (κ3) is 3.47. The number of carbonyl (C=O) groups excluding carboxylic acids is 1. The number of carboxylic acids is 1. The summed E-state index contributed by atoms with van der Waals surface area (Å²) in [6, 6.07) is 0. The number of likely N-dealkylation sites (tertiary alicyclic amines) is 1. The lowest BCUT2D eigenvalue weighted by atomic mass is 9.79. The number of piperidine rings is 2. The molecule has 0 atom stereocenters. The van der Waals surface area contributed by atoms with E-state index in [0.29, 0.717) is 0 Å². The van der Waals surface area contributed by atoms with Crippen LogP contribution in [0.5, 0.6) is 0 Å². The number of carboxylic acid groups (broad SMARTS) is 1. The highest BCUT2D eigenvalue weighted by atomic mass is 16.4.